The smallest absolute Gasteiger partial charge is 0.307 e. The molecule has 2 aliphatic heterocycles. The zero-order valence-corrected chi connectivity index (χ0v) is 32.0. The molecule has 1 saturated heterocycles. The van der Waals surface area contributed by atoms with Crippen LogP contribution in [-0.2, 0) is 38.4 Å². The Hall–Kier alpha value is -3.17. The first kappa shape index (κ1) is 32.8. The molecule has 1 fully saturated rings. The van der Waals surface area contributed by atoms with Crippen molar-refractivity contribution >= 4 is 54.0 Å². The number of rotatable bonds is 4. The molecule has 2 aliphatic rings. The van der Waals surface area contributed by atoms with E-state index in [1.54, 1.807) is 23.5 Å². The summed E-state index contributed by atoms with van der Waals surface area (Å²) >= 11 is 1.63. The van der Waals surface area contributed by atoms with Gasteiger partial charge in [-0.2, -0.15) is 0 Å². The number of cyclic esters (lactones) is 1. The summed E-state index contributed by atoms with van der Waals surface area (Å²) in [5.74, 6) is -0.0140. The number of hydrogen-bond donors (Lipinski definition) is 1. The molecule has 0 unspecified atom stereocenters. The highest BCUT2D eigenvalue weighted by Gasteiger charge is 2.32. The number of benzene rings is 1. The Morgan fingerprint density at radius 2 is 2.11 bits per heavy atom. The summed E-state index contributed by atoms with van der Waals surface area (Å²) in [7, 11) is 1.37. The van der Waals surface area contributed by atoms with E-state index in [1.807, 2.05) is 19.2 Å². The number of hydrogen-bond acceptors (Lipinski definition) is 8. The summed E-state index contributed by atoms with van der Waals surface area (Å²) in [5, 5.41) is 9.46. The number of aryl methyl sites for hydroxylation is 1. The van der Waals surface area contributed by atoms with Crippen LogP contribution in [-0.4, -0.2) is 71.6 Å². The van der Waals surface area contributed by atoms with E-state index in [0.717, 1.165) is 73.7 Å². The molecule has 1 aromatic carbocycles. The van der Waals surface area contributed by atoms with Gasteiger partial charge < -0.3 is 14.0 Å². The maximum atomic E-state index is 13.5. The molecule has 5 heterocycles. The Kier molecular flexibility index (Phi) is 9.63. The highest BCUT2D eigenvalue weighted by Crippen LogP contribution is 2.42. The van der Waals surface area contributed by atoms with Gasteiger partial charge >= 0.3 is 5.97 Å². The van der Waals surface area contributed by atoms with Gasteiger partial charge in [0.2, 0.25) is 5.91 Å². The second-order valence-corrected chi connectivity index (χ2v) is 17.5. The summed E-state index contributed by atoms with van der Waals surface area (Å²) in [6.07, 6.45) is 4.53. The van der Waals surface area contributed by atoms with Crippen LogP contribution in [0.25, 0.3) is 33.4 Å². The highest BCUT2D eigenvalue weighted by atomic mass is 32.1. The number of nitrogens with zero attached hydrogens (tertiary/aromatic N) is 4. The third-order valence-electron chi connectivity index (χ3n) is 9.39. The number of carbonyl (C=O) groups is 2. The van der Waals surface area contributed by atoms with Crippen LogP contribution in [0.4, 0.5) is 0 Å². The molecule has 9 nitrogen and oxygen atoms in total. The van der Waals surface area contributed by atoms with Crippen LogP contribution in [0.15, 0.2) is 41.9 Å². The SMILES string of the molecule is CCn1c(-c2cccnc2[C@H](C)OC)c2c3cc(ccc31)-c1csc(n1)C[C@H]([SiH3])C(=O)N1CCC[C@H]([SiH2]N1)C(=O)OCC(C)(C)C2. The molecule has 6 bridgehead atoms. The first-order chi connectivity index (χ1) is 22.1. The molecular weight excluding hydrogens is 631 g/mol. The van der Waals surface area contributed by atoms with Crippen molar-refractivity contribution in [2.45, 2.75) is 77.1 Å². The van der Waals surface area contributed by atoms with E-state index in [1.165, 1.54) is 5.56 Å². The first-order valence-electron chi connectivity index (χ1n) is 16.4. The quantitative estimate of drug-likeness (QED) is 0.254. The predicted molar refractivity (Wildman–Crippen MR) is 190 cm³/mol. The third-order valence-corrected chi connectivity index (χ3v) is 13.0. The molecule has 0 spiro atoms. The van der Waals surface area contributed by atoms with E-state index in [-0.39, 0.29) is 34.5 Å². The standard InChI is InChI=1S/C34H45N5O4SSi2/c1-6-38-26-12-11-21-15-23(26)24(31(38)22-9-7-13-35-30(22)20(2)42-5)17-34(3,4)19-43-33(41)28-10-8-14-39(37-46-28)32(40)27(45)16-29-36-25(21)18-44-29/h7,9,11-13,15,18,20,27-28,37H,6,8,10,14,16-17,19,46H2,1-5,45H3/t20-,27-,28-/m0/s1. The van der Waals surface area contributed by atoms with E-state index in [4.69, 9.17) is 19.4 Å². The van der Waals surface area contributed by atoms with Gasteiger partial charge in [-0.05, 0) is 62.9 Å². The maximum Gasteiger partial charge on any atom is 0.307 e. The van der Waals surface area contributed by atoms with Crippen LogP contribution in [0.5, 0.6) is 0 Å². The number of methoxy groups -OCH3 is 1. The third kappa shape index (κ3) is 6.50. The largest absolute Gasteiger partial charge is 0.465 e. The van der Waals surface area contributed by atoms with Crippen LogP contribution in [0.2, 0.25) is 11.1 Å². The summed E-state index contributed by atoms with van der Waals surface area (Å²) in [4.78, 5) is 36.7. The van der Waals surface area contributed by atoms with Gasteiger partial charge in [0.25, 0.3) is 0 Å². The number of thiazole rings is 1. The number of aromatic nitrogens is 3. The number of carbonyl (C=O) groups excluding carboxylic acids is 2. The Labute approximate surface area is 280 Å². The number of pyridine rings is 1. The van der Waals surface area contributed by atoms with Crippen molar-refractivity contribution in [3.05, 3.63) is 58.2 Å². The predicted octanol–water partition coefficient (Wildman–Crippen LogP) is 4.38. The molecule has 244 valence electrons. The lowest BCUT2D eigenvalue weighted by molar-refractivity contribution is -0.146. The van der Waals surface area contributed by atoms with E-state index in [0.29, 0.717) is 26.0 Å². The van der Waals surface area contributed by atoms with Gasteiger partial charge in [0, 0.05) is 81.4 Å². The van der Waals surface area contributed by atoms with E-state index < -0.39 is 9.68 Å². The second kappa shape index (κ2) is 13.5. The van der Waals surface area contributed by atoms with Crippen molar-refractivity contribution in [1.29, 1.82) is 0 Å². The van der Waals surface area contributed by atoms with Crippen molar-refractivity contribution in [2.24, 2.45) is 5.41 Å². The number of amides is 1. The van der Waals surface area contributed by atoms with Gasteiger partial charge in [-0.3, -0.25) is 24.7 Å². The van der Waals surface area contributed by atoms with E-state index in [2.05, 4.69) is 60.1 Å². The first-order valence-corrected chi connectivity index (χ1v) is 20.0. The number of esters is 1. The number of fused-ring (bicyclic) bond motifs is 7. The minimum Gasteiger partial charge on any atom is -0.465 e. The molecule has 6 rings (SSSR count). The zero-order valence-electron chi connectivity index (χ0n) is 27.8. The topological polar surface area (TPSA) is 98.6 Å². The molecule has 3 atom stereocenters. The van der Waals surface area contributed by atoms with Crippen molar-refractivity contribution in [3.8, 4) is 22.5 Å². The fraction of sp³-hybridized carbons (Fsp3) is 0.471. The van der Waals surface area contributed by atoms with Gasteiger partial charge in [-0.1, -0.05) is 19.9 Å². The van der Waals surface area contributed by atoms with Gasteiger partial charge in [0.05, 0.1) is 40.3 Å². The van der Waals surface area contributed by atoms with Crippen molar-refractivity contribution in [3.63, 3.8) is 0 Å². The lowest BCUT2D eigenvalue weighted by Crippen LogP contribution is -2.47. The molecule has 0 aliphatic carbocycles. The van der Waals surface area contributed by atoms with Crippen LogP contribution >= 0.6 is 11.3 Å². The Morgan fingerprint density at radius 3 is 2.89 bits per heavy atom. The molecule has 12 heteroatoms. The van der Waals surface area contributed by atoms with Crippen molar-refractivity contribution in [1.82, 2.24) is 24.6 Å². The molecule has 1 amide bonds. The van der Waals surface area contributed by atoms with E-state index in [9.17, 15) is 9.59 Å². The lowest BCUT2D eigenvalue weighted by atomic mass is 9.84. The number of nitrogens with one attached hydrogen (secondary N) is 1. The average molecular weight is 676 g/mol. The Balaban J connectivity index is 1.52. The van der Waals surface area contributed by atoms with Gasteiger partial charge in [0.15, 0.2) is 0 Å². The van der Waals surface area contributed by atoms with Crippen LogP contribution in [0.1, 0.15) is 62.9 Å². The summed E-state index contributed by atoms with van der Waals surface area (Å²) in [6, 6.07) is 10.8. The van der Waals surface area contributed by atoms with E-state index >= 15 is 0 Å². The highest BCUT2D eigenvalue weighted by molar-refractivity contribution is 7.10. The summed E-state index contributed by atoms with van der Waals surface area (Å²) in [5.41, 5.74) is 6.84. The van der Waals surface area contributed by atoms with Crippen LogP contribution < -0.4 is 5.09 Å². The van der Waals surface area contributed by atoms with Gasteiger partial charge in [-0.15, -0.1) is 11.3 Å². The van der Waals surface area contributed by atoms with Gasteiger partial charge in [-0.25, -0.2) is 4.98 Å². The molecule has 0 radical (unpaired) electrons. The zero-order chi connectivity index (χ0) is 32.6. The van der Waals surface area contributed by atoms with Crippen LogP contribution in [0.3, 0.4) is 0 Å². The Morgan fingerprint density at radius 1 is 1.28 bits per heavy atom. The average Bonchev–Trinajstić information content (AvgIpc) is 3.54. The van der Waals surface area contributed by atoms with Gasteiger partial charge in [0.1, 0.15) is 9.68 Å². The summed E-state index contributed by atoms with van der Waals surface area (Å²) in [6.45, 7) is 10.3. The van der Waals surface area contributed by atoms with Crippen molar-refractivity contribution in [2.75, 3.05) is 20.3 Å². The monoisotopic (exact) mass is 675 g/mol. The minimum atomic E-state index is -1.08. The fourth-order valence-corrected chi connectivity index (χ4v) is 10.3. The normalized spacial score (nSPS) is 22.1. The lowest BCUT2D eigenvalue weighted by Gasteiger charge is -2.27. The fourth-order valence-electron chi connectivity index (χ4n) is 6.81. The molecule has 4 aromatic rings. The molecule has 3 aromatic heterocycles. The molecule has 1 N–H and O–H groups in total. The molecular formula is C34H45N5O4SSi2. The Bertz CT molecular complexity index is 1750. The van der Waals surface area contributed by atoms with Crippen LogP contribution in [0, 0.1) is 5.41 Å². The maximum absolute atomic E-state index is 13.5. The molecule has 0 saturated carbocycles. The minimum absolute atomic E-state index is 0.0784. The number of ether oxygens (including phenoxy) is 2. The van der Waals surface area contributed by atoms with Crippen molar-refractivity contribution < 1.29 is 19.1 Å². The second-order valence-electron chi connectivity index (χ2n) is 13.5. The summed E-state index contributed by atoms with van der Waals surface area (Å²) < 4.78 is 14.2. The number of hydrazine groups is 1. The molecule has 46 heavy (non-hydrogen) atoms.